The Morgan fingerprint density at radius 2 is 1.79 bits per heavy atom. The molecule has 0 atom stereocenters. The number of hydrogen-bond acceptors (Lipinski definition) is 4. The smallest absolute Gasteiger partial charge is 0.303 e. The maximum absolute atomic E-state index is 13.5. The summed E-state index contributed by atoms with van der Waals surface area (Å²) < 4.78 is 1.62. The van der Waals surface area contributed by atoms with Crippen LogP contribution in [0.15, 0.2) is 64.8 Å². The van der Waals surface area contributed by atoms with Crippen LogP contribution in [0.2, 0.25) is 0 Å². The van der Waals surface area contributed by atoms with Crippen LogP contribution in [-0.2, 0) is 11.3 Å². The van der Waals surface area contributed by atoms with E-state index in [1.807, 2.05) is 66.9 Å². The van der Waals surface area contributed by atoms with Gasteiger partial charge in [0.2, 0.25) is 0 Å². The van der Waals surface area contributed by atoms with Gasteiger partial charge in [0.1, 0.15) is 10.7 Å². The van der Waals surface area contributed by atoms with Crippen LogP contribution in [0.5, 0.6) is 0 Å². The number of hydrogen-bond donors (Lipinski definition) is 1. The fourth-order valence-corrected chi connectivity index (χ4v) is 4.31. The van der Waals surface area contributed by atoms with E-state index in [1.54, 1.807) is 4.57 Å². The molecule has 0 aliphatic carbocycles. The molecule has 2 heterocycles. The van der Waals surface area contributed by atoms with Crippen molar-refractivity contribution in [2.24, 2.45) is 0 Å². The quantitative estimate of drug-likeness (QED) is 0.493. The zero-order valence-electron chi connectivity index (χ0n) is 16.0. The Hall–Kier alpha value is -3.25. The Labute approximate surface area is 171 Å². The fraction of sp³-hybridized carbons (Fsp3) is 0.174. The molecule has 146 valence electrons. The van der Waals surface area contributed by atoms with Crippen molar-refractivity contribution in [2.75, 3.05) is 0 Å². The van der Waals surface area contributed by atoms with E-state index in [4.69, 9.17) is 10.1 Å². The van der Waals surface area contributed by atoms with E-state index in [0.717, 1.165) is 22.3 Å². The second kappa shape index (κ2) is 8.01. The zero-order valence-corrected chi connectivity index (χ0v) is 16.8. The van der Waals surface area contributed by atoms with E-state index in [2.05, 4.69) is 0 Å². The fourth-order valence-electron chi connectivity index (χ4n) is 3.37. The molecule has 5 nitrogen and oxygen atoms in total. The lowest BCUT2D eigenvalue weighted by molar-refractivity contribution is -0.137. The Morgan fingerprint density at radius 3 is 2.48 bits per heavy atom. The molecule has 0 spiro atoms. The van der Waals surface area contributed by atoms with Crippen LogP contribution in [-0.4, -0.2) is 20.6 Å². The van der Waals surface area contributed by atoms with Crippen molar-refractivity contribution in [2.45, 2.75) is 26.3 Å². The van der Waals surface area contributed by atoms with Gasteiger partial charge in [-0.3, -0.25) is 14.2 Å². The molecule has 0 aliphatic rings. The molecule has 0 fully saturated rings. The predicted molar refractivity (Wildman–Crippen MR) is 116 cm³/mol. The number of rotatable bonds is 6. The molecule has 4 rings (SSSR count). The summed E-state index contributed by atoms with van der Waals surface area (Å²) in [6.07, 6.45) is 0.374. The van der Waals surface area contributed by atoms with E-state index in [1.165, 1.54) is 11.3 Å². The minimum Gasteiger partial charge on any atom is -0.481 e. The summed E-state index contributed by atoms with van der Waals surface area (Å²) in [5.74, 6) is -0.293. The maximum Gasteiger partial charge on any atom is 0.303 e. The third-order valence-corrected chi connectivity index (χ3v) is 5.73. The van der Waals surface area contributed by atoms with Gasteiger partial charge in [-0.1, -0.05) is 60.2 Å². The Kier molecular flexibility index (Phi) is 5.27. The summed E-state index contributed by atoms with van der Waals surface area (Å²) in [5, 5.41) is 11.6. The van der Waals surface area contributed by atoms with Crippen molar-refractivity contribution < 1.29 is 9.90 Å². The lowest BCUT2D eigenvalue weighted by atomic mass is 10.1. The first kappa shape index (κ1) is 19.1. The molecule has 0 saturated carbocycles. The minimum atomic E-state index is -0.871. The second-order valence-electron chi connectivity index (χ2n) is 6.95. The van der Waals surface area contributed by atoms with Crippen molar-refractivity contribution in [1.82, 2.24) is 9.55 Å². The number of carbonyl (C=O) groups is 1. The molecule has 2 aromatic heterocycles. The highest BCUT2D eigenvalue weighted by Crippen LogP contribution is 2.32. The lowest BCUT2D eigenvalue weighted by Crippen LogP contribution is -2.23. The highest BCUT2D eigenvalue weighted by molar-refractivity contribution is 7.17. The summed E-state index contributed by atoms with van der Waals surface area (Å²) in [6.45, 7) is 2.31. The van der Waals surface area contributed by atoms with Crippen LogP contribution in [0.3, 0.4) is 0 Å². The first-order valence-electron chi connectivity index (χ1n) is 9.41. The standard InChI is InChI=1S/C23H20N2O3S/c1-15-9-11-17(12-10-15)21-24-22-20(23(28)25(21)13-5-8-19(26)27)18(14-29-22)16-6-3-2-4-7-16/h2-4,6-7,9-12,14H,5,8,13H2,1H3,(H,26,27). The SMILES string of the molecule is Cc1ccc(-c2nc3scc(-c4ccccc4)c3c(=O)n2CCCC(=O)O)cc1. The Bertz CT molecular complexity index is 1220. The second-order valence-corrected chi connectivity index (χ2v) is 7.81. The van der Waals surface area contributed by atoms with E-state index in [-0.39, 0.29) is 12.0 Å². The van der Waals surface area contributed by atoms with Gasteiger partial charge in [0.25, 0.3) is 5.56 Å². The third kappa shape index (κ3) is 3.84. The molecule has 29 heavy (non-hydrogen) atoms. The van der Waals surface area contributed by atoms with Gasteiger partial charge in [0.05, 0.1) is 5.39 Å². The number of aromatic nitrogens is 2. The summed E-state index contributed by atoms with van der Waals surface area (Å²) in [7, 11) is 0. The monoisotopic (exact) mass is 404 g/mol. The van der Waals surface area contributed by atoms with Crippen LogP contribution in [0.1, 0.15) is 18.4 Å². The van der Waals surface area contributed by atoms with Crippen molar-refractivity contribution in [3.8, 4) is 22.5 Å². The van der Waals surface area contributed by atoms with Gasteiger partial charge in [-0.15, -0.1) is 11.3 Å². The van der Waals surface area contributed by atoms with Crippen LogP contribution >= 0.6 is 11.3 Å². The number of aliphatic carboxylic acids is 1. The average molecular weight is 404 g/mol. The van der Waals surface area contributed by atoms with Gasteiger partial charge in [0.15, 0.2) is 0 Å². The summed E-state index contributed by atoms with van der Waals surface area (Å²) in [6, 6.07) is 17.6. The van der Waals surface area contributed by atoms with Gasteiger partial charge in [-0.25, -0.2) is 4.98 Å². The number of aryl methyl sites for hydroxylation is 1. The van der Waals surface area contributed by atoms with E-state index >= 15 is 0 Å². The normalized spacial score (nSPS) is 11.1. The molecule has 0 aliphatic heterocycles. The number of carboxylic acids is 1. The van der Waals surface area contributed by atoms with Gasteiger partial charge >= 0.3 is 5.97 Å². The molecular weight excluding hydrogens is 384 g/mol. The summed E-state index contributed by atoms with van der Waals surface area (Å²) in [5.41, 5.74) is 3.68. The van der Waals surface area contributed by atoms with Crippen molar-refractivity contribution >= 4 is 27.5 Å². The molecule has 0 amide bonds. The summed E-state index contributed by atoms with van der Waals surface area (Å²) >= 11 is 1.45. The lowest BCUT2D eigenvalue weighted by Gasteiger charge is -2.13. The zero-order chi connectivity index (χ0) is 20.4. The van der Waals surface area contributed by atoms with Crippen LogP contribution in [0.25, 0.3) is 32.7 Å². The number of nitrogens with zero attached hydrogens (tertiary/aromatic N) is 2. The Morgan fingerprint density at radius 1 is 1.07 bits per heavy atom. The largest absolute Gasteiger partial charge is 0.481 e. The van der Waals surface area contributed by atoms with E-state index in [9.17, 15) is 9.59 Å². The van der Waals surface area contributed by atoms with Crippen LogP contribution in [0, 0.1) is 6.92 Å². The number of fused-ring (bicyclic) bond motifs is 1. The van der Waals surface area contributed by atoms with Gasteiger partial charge < -0.3 is 5.11 Å². The summed E-state index contributed by atoms with van der Waals surface area (Å²) in [4.78, 5) is 30.0. The Balaban J connectivity index is 1.91. The van der Waals surface area contributed by atoms with Crippen molar-refractivity contribution in [3.63, 3.8) is 0 Å². The molecule has 2 aromatic carbocycles. The third-order valence-electron chi connectivity index (χ3n) is 4.86. The van der Waals surface area contributed by atoms with Crippen molar-refractivity contribution in [3.05, 3.63) is 75.9 Å². The van der Waals surface area contributed by atoms with Crippen LogP contribution in [0.4, 0.5) is 0 Å². The topological polar surface area (TPSA) is 72.2 Å². The molecule has 0 unspecified atom stereocenters. The maximum atomic E-state index is 13.5. The van der Waals surface area contributed by atoms with E-state index in [0.29, 0.717) is 29.0 Å². The molecule has 0 bridgehead atoms. The predicted octanol–water partition coefficient (Wildman–Crippen LogP) is 4.97. The average Bonchev–Trinajstić information content (AvgIpc) is 3.15. The van der Waals surface area contributed by atoms with Gasteiger partial charge in [-0.05, 0) is 18.9 Å². The molecule has 0 saturated heterocycles. The number of carboxylic acid groups (broad SMARTS) is 1. The van der Waals surface area contributed by atoms with Gasteiger partial charge in [-0.2, -0.15) is 0 Å². The molecule has 1 N–H and O–H groups in total. The van der Waals surface area contributed by atoms with Gasteiger partial charge in [0, 0.05) is 29.5 Å². The van der Waals surface area contributed by atoms with Crippen LogP contribution < -0.4 is 5.56 Å². The minimum absolute atomic E-state index is 0.00694. The first-order valence-corrected chi connectivity index (χ1v) is 10.3. The molecular formula is C23H20N2O3S. The molecule has 0 radical (unpaired) electrons. The highest BCUT2D eigenvalue weighted by Gasteiger charge is 2.18. The highest BCUT2D eigenvalue weighted by atomic mass is 32.1. The molecule has 6 heteroatoms. The first-order chi connectivity index (χ1) is 14.0. The number of benzene rings is 2. The number of thiophene rings is 1. The van der Waals surface area contributed by atoms with Crippen molar-refractivity contribution in [1.29, 1.82) is 0 Å². The van der Waals surface area contributed by atoms with E-state index < -0.39 is 5.97 Å². The molecule has 4 aromatic rings.